The summed E-state index contributed by atoms with van der Waals surface area (Å²) in [6.07, 6.45) is 4.82. The molecule has 1 fully saturated rings. The average Bonchev–Trinajstić information content (AvgIpc) is 2.45. The van der Waals surface area contributed by atoms with E-state index in [1.54, 1.807) is 0 Å². The molecule has 0 amide bonds. The van der Waals surface area contributed by atoms with E-state index in [1.165, 1.54) is 20.0 Å². The molecule has 0 spiro atoms. The number of carbonyl (C=O) groups is 1. The fourth-order valence-corrected chi connectivity index (χ4v) is 2.88. The van der Waals surface area contributed by atoms with Gasteiger partial charge in [-0.3, -0.25) is 5.32 Å². The maximum Gasteiger partial charge on any atom is 0.327 e. The van der Waals surface area contributed by atoms with Gasteiger partial charge in [-0.05, 0) is 24.3 Å². The highest BCUT2D eigenvalue weighted by atomic mass is 16.5. The molecule has 3 heteroatoms. The van der Waals surface area contributed by atoms with Crippen LogP contribution in [0.3, 0.4) is 0 Å². The molecule has 3 unspecified atom stereocenters. The predicted molar refractivity (Wildman–Crippen MR) is 75.8 cm³/mol. The van der Waals surface area contributed by atoms with E-state index in [0.717, 1.165) is 24.3 Å². The van der Waals surface area contributed by atoms with Crippen molar-refractivity contribution in [3.8, 4) is 0 Å². The summed E-state index contributed by atoms with van der Waals surface area (Å²) in [4.78, 5) is 12.0. The molecule has 1 aromatic carbocycles. The zero-order valence-electron chi connectivity index (χ0n) is 11.8. The van der Waals surface area contributed by atoms with Gasteiger partial charge in [0.1, 0.15) is 6.04 Å². The molecule has 1 aliphatic rings. The molecule has 1 N–H and O–H groups in total. The topological polar surface area (TPSA) is 38.3 Å². The molecular formula is C16H23NO2. The monoisotopic (exact) mass is 261 g/mol. The first-order valence-electron chi connectivity index (χ1n) is 7.09. The quantitative estimate of drug-likeness (QED) is 0.847. The molecule has 0 bridgehead atoms. The number of carbonyl (C=O) groups excluding carboxylic acids is 1. The first-order chi connectivity index (χ1) is 9.20. The minimum absolute atomic E-state index is 0.204. The van der Waals surface area contributed by atoms with Gasteiger partial charge in [0.2, 0.25) is 0 Å². The number of esters is 1. The van der Waals surface area contributed by atoms with Crippen molar-refractivity contribution in [2.75, 3.05) is 7.11 Å². The summed E-state index contributed by atoms with van der Waals surface area (Å²) >= 11 is 0. The first kappa shape index (κ1) is 14.1. The summed E-state index contributed by atoms with van der Waals surface area (Å²) in [5.41, 5.74) is 0.979. The van der Waals surface area contributed by atoms with Crippen LogP contribution in [0.15, 0.2) is 30.3 Å². The molecule has 3 atom stereocenters. The zero-order valence-corrected chi connectivity index (χ0v) is 11.8. The van der Waals surface area contributed by atoms with E-state index in [2.05, 4.69) is 12.2 Å². The number of rotatable bonds is 4. The first-order valence-corrected chi connectivity index (χ1v) is 7.09. The van der Waals surface area contributed by atoms with Crippen LogP contribution >= 0.6 is 0 Å². The van der Waals surface area contributed by atoms with Gasteiger partial charge in [0.15, 0.2) is 0 Å². The van der Waals surface area contributed by atoms with Crippen LogP contribution in [0.25, 0.3) is 0 Å². The van der Waals surface area contributed by atoms with E-state index in [9.17, 15) is 4.79 Å². The van der Waals surface area contributed by atoms with Crippen molar-refractivity contribution in [1.82, 2.24) is 5.32 Å². The van der Waals surface area contributed by atoms with Crippen molar-refractivity contribution in [3.05, 3.63) is 35.9 Å². The Morgan fingerprint density at radius 2 is 2.05 bits per heavy atom. The third kappa shape index (κ3) is 3.80. The largest absolute Gasteiger partial charge is 0.468 e. The van der Waals surface area contributed by atoms with Crippen LogP contribution in [0.4, 0.5) is 0 Å². The molecular weight excluding hydrogens is 238 g/mol. The Labute approximate surface area is 115 Å². The number of methoxy groups -OCH3 is 1. The van der Waals surface area contributed by atoms with E-state index in [0.29, 0.717) is 6.04 Å². The van der Waals surface area contributed by atoms with Gasteiger partial charge in [-0.1, -0.05) is 50.1 Å². The Bertz CT molecular complexity index is 404. The summed E-state index contributed by atoms with van der Waals surface area (Å²) < 4.78 is 4.93. The molecule has 0 radical (unpaired) electrons. The van der Waals surface area contributed by atoms with Gasteiger partial charge in [0, 0.05) is 6.04 Å². The van der Waals surface area contributed by atoms with Crippen LogP contribution in [0.5, 0.6) is 0 Å². The number of nitrogens with one attached hydrogen (secondary N) is 1. The van der Waals surface area contributed by atoms with Crippen LogP contribution in [0.1, 0.15) is 44.2 Å². The van der Waals surface area contributed by atoms with Gasteiger partial charge in [-0.2, -0.15) is 0 Å². The Morgan fingerprint density at radius 1 is 1.32 bits per heavy atom. The van der Waals surface area contributed by atoms with Gasteiger partial charge in [0.05, 0.1) is 7.11 Å². The molecule has 3 nitrogen and oxygen atoms in total. The highest BCUT2D eigenvalue weighted by Gasteiger charge is 2.27. The molecule has 1 aromatic rings. The van der Waals surface area contributed by atoms with E-state index >= 15 is 0 Å². The summed E-state index contributed by atoms with van der Waals surface area (Å²) in [6.45, 7) is 2.28. The van der Waals surface area contributed by atoms with Crippen LogP contribution in [0.2, 0.25) is 0 Å². The highest BCUT2D eigenvalue weighted by molar-refractivity contribution is 5.77. The lowest BCUT2D eigenvalue weighted by molar-refractivity contribution is -0.143. The second kappa shape index (κ2) is 6.71. The van der Waals surface area contributed by atoms with Crippen molar-refractivity contribution >= 4 is 5.97 Å². The zero-order chi connectivity index (χ0) is 13.7. The van der Waals surface area contributed by atoms with E-state index in [1.807, 2.05) is 30.3 Å². The third-order valence-electron chi connectivity index (χ3n) is 3.91. The lowest BCUT2D eigenvalue weighted by atomic mass is 9.86. The average molecular weight is 261 g/mol. The van der Waals surface area contributed by atoms with Crippen LogP contribution in [-0.2, 0) is 9.53 Å². The van der Waals surface area contributed by atoms with Gasteiger partial charge in [-0.15, -0.1) is 0 Å². The van der Waals surface area contributed by atoms with Crippen molar-refractivity contribution in [2.24, 2.45) is 5.92 Å². The Hall–Kier alpha value is -1.35. The molecule has 1 saturated carbocycles. The maximum atomic E-state index is 12.0. The minimum atomic E-state index is -0.346. The molecule has 104 valence electrons. The van der Waals surface area contributed by atoms with Gasteiger partial charge < -0.3 is 4.74 Å². The summed E-state index contributed by atoms with van der Waals surface area (Å²) in [7, 11) is 1.45. The standard InChI is InChI=1S/C16H23NO2/c1-12-7-6-10-14(11-12)17-15(16(18)19-2)13-8-4-3-5-9-13/h3-5,8-9,12,14-15,17H,6-7,10-11H2,1-2H3. The number of ether oxygens (including phenoxy) is 1. The maximum absolute atomic E-state index is 12.0. The van der Waals surface area contributed by atoms with E-state index in [-0.39, 0.29) is 12.0 Å². The number of hydrogen-bond acceptors (Lipinski definition) is 3. The Kier molecular flexibility index (Phi) is 4.97. The summed E-state index contributed by atoms with van der Waals surface area (Å²) in [5, 5.41) is 3.48. The van der Waals surface area contributed by atoms with Crippen molar-refractivity contribution in [2.45, 2.75) is 44.7 Å². The third-order valence-corrected chi connectivity index (χ3v) is 3.91. The van der Waals surface area contributed by atoms with Crippen molar-refractivity contribution in [1.29, 1.82) is 0 Å². The molecule has 19 heavy (non-hydrogen) atoms. The lowest BCUT2D eigenvalue weighted by Gasteiger charge is -2.30. The lowest BCUT2D eigenvalue weighted by Crippen LogP contribution is -2.40. The van der Waals surface area contributed by atoms with Crippen LogP contribution in [-0.4, -0.2) is 19.1 Å². The van der Waals surface area contributed by atoms with Crippen LogP contribution < -0.4 is 5.32 Å². The second-order valence-electron chi connectivity index (χ2n) is 5.50. The highest BCUT2D eigenvalue weighted by Crippen LogP contribution is 2.26. The smallest absolute Gasteiger partial charge is 0.327 e. The predicted octanol–water partition coefficient (Wildman–Crippen LogP) is 3.07. The molecule has 0 saturated heterocycles. The van der Waals surface area contributed by atoms with Crippen molar-refractivity contribution < 1.29 is 9.53 Å². The summed E-state index contributed by atoms with van der Waals surface area (Å²) in [6, 6.07) is 9.88. The van der Waals surface area contributed by atoms with Gasteiger partial charge in [-0.25, -0.2) is 4.79 Å². The molecule has 0 aromatic heterocycles. The van der Waals surface area contributed by atoms with Crippen LogP contribution in [0, 0.1) is 5.92 Å². The minimum Gasteiger partial charge on any atom is -0.468 e. The SMILES string of the molecule is COC(=O)C(NC1CCCC(C)C1)c1ccccc1. The van der Waals surface area contributed by atoms with E-state index < -0.39 is 0 Å². The normalized spacial score (nSPS) is 24.7. The van der Waals surface area contributed by atoms with Gasteiger partial charge in [0.25, 0.3) is 0 Å². The fraction of sp³-hybridized carbons (Fsp3) is 0.562. The molecule has 1 aliphatic carbocycles. The number of benzene rings is 1. The Balaban J connectivity index is 2.08. The molecule has 0 aliphatic heterocycles. The summed E-state index contributed by atoms with van der Waals surface area (Å²) in [5.74, 6) is 0.532. The van der Waals surface area contributed by atoms with E-state index in [4.69, 9.17) is 4.74 Å². The van der Waals surface area contributed by atoms with Gasteiger partial charge >= 0.3 is 5.97 Å². The second-order valence-corrected chi connectivity index (χ2v) is 5.50. The molecule has 2 rings (SSSR count). The molecule has 0 heterocycles. The fourth-order valence-electron chi connectivity index (χ4n) is 2.88. The van der Waals surface area contributed by atoms with Crippen molar-refractivity contribution in [3.63, 3.8) is 0 Å². The number of hydrogen-bond donors (Lipinski definition) is 1. The Morgan fingerprint density at radius 3 is 2.68 bits per heavy atom.